The molecule has 0 radical (unpaired) electrons. The number of thioether (sulfide) groups is 1. The van der Waals surface area contributed by atoms with Crippen molar-refractivity contribution in [2.24, 2.45) is 0 Å². The lowest BCUT2D eigenvalue weighted by atomic mass is 10.1. The maximum atomic E-state index is 12.7. The minimum absolute atomic E-state index is 0.0499. The molecule has 6 nitrogen and oxygen atoms in total. The number of alkyl halides is 3. The number of benzene rings is 1. The number of nitrogens with one attached hydrogen (secondary N) is 3. The Labute approximate surface area is 149 Å². The standard InChI is InChI=1S/C16H12F3N3O3S/c17-16(18,19)8-3-4-11-10(6-8)22-15(25)12(26-11)7-13(23)21-9-2-1-5-20-14(9)24/h1-6,12H,7H2,(H,20,24)(H,21,23)(H,22,25). The Hall–Kier alpha value is -2.75. The highest BCUT2D eigenvalue weighted by molar-refractivity contribution is 8.01. The van der Waals surface area contributed by atoms with E-state index in [2.05, 4.69) is 15.6 Å². The number of aromatic nitrogens is 1. The van der Waals surface area contributed by atoms with Gasteiger partial charge in [-0.15, -0.1) is 11.8 Å². The first kappa shape index (κ1) is 18.1. The number of pyridine rings is 1. The van der Waals surface area contributed by atoms with Crippen molar-refractivity contribution in [3.8, 4) is 0 Å². The molecule has 136 valence electrons. The van der Waals surface area contributed by atoms with E-state index in [9.17, 15) is 27.6 Å². The minimum atomic E-state index is -4.51. The summed E-state index contributed by atoms with van der Waals surface area (Å²) in [6.45, 7) is 0. The molecule has 3 rings (SSSR count). The third-order valence-electron chi connectivity index (χ3n) is 3.59. The molecule has 10 heteroatoms. The van der Waals surface area contributed by atoms with Crippen molar-refractivity contribution < 1.29 is 22.8 Å². The highest BCUT2D eigenvalue weighted by atomic mass is 32.2. The number of hydrogen-bond donors (Lipinski definition) is 3. The minimum Gasteiger partial charge on any atom is -0.327 e. The van der Waals surface area contributed by atoms with E-state index in [1.807, 2.05) is 0 Å². The molecule has 0 spiro atoms. The van der Waals surface area contributed by atoms with Crippen LogP contribution in [0.5, 0.6) is 0 Å². The van der Waals surface area contributed by atoms with Gasteiger partial charge in [0.05, 0.1) is 16.5 Å². The van der Waals surface area contributed by atoms with Gasteiger partial charge in [0.15, 0.2) is 0 Å². The first-order valence-corrected chi connectivity index (χ1v) is 8.28. The van der Waals surface area contributed by atoms with E-state index in [0.29, 0.717) is 4.90 Å². The Bertz CT molecular complexity index is 927. The highest BCUT2D eigenvalue weighted by Crippen LogP contribution is 2.40. The zero-order valence-corrected chi connectivity index (χ0v) is 13.8. The first-order valence-electron chi connectivity index (χ1n) is 7.40. The van der Waals surface area contributed by atoms with Gasteiger partial charge in [-0.25, -0.2) is 0 Å². The lowest BCUT2D eigenvalue weighted by molar-refractivity contribution is -0.137. The van der Waals surface area contributed by atoms with Crippen LogP contribution in [0, 0.1) is 0 Å². The summed E-state index contributed by atoms with van der Waals surface area (Å²) in [6, 6.07) is 5.99. The second kappa shape index (κ2) is 6.87. The van der Waals surface area contributed by atoms with Crippen LogP contribution >= 0.6 is 11.8 Å². The maximum Gasteiger partial charge on any atom is 0.416 e. The smallest absolute Gasteiger partial charge is 0.327 e. The molecule has 1 unspecified atom stereocenters. The lowest BCUT2D eigenvalue weighted by Gasteiger charge is -2.24. The first-order chi connectivity index (χ1) is 12.2. The van der Waals surface area contributed by atoms with Gasteiger partial charge >= 0.3 is 6.18 Å². The number of halogens is 3. The fraction of sp³-hybridized carbons (Fsp3) is 0.188. The molecule has 0 fully saturated rings. The topological polar surface area (TPSA) is 91.1 Å². The van der Waals surface area contributed by atoms with Gasteiger partial charge in [0, 0.05) is 17.5 Å². The summed E-state index contributed by atoms with van der Waals surface area (Å²) in [4.78, 5) is 38.6. The third kappa shape index (κ3) is 3.90. The van der Waals surface area contributed by atoms with Crippen LogP contribution in [0.3, 0.4) is 0 Å². The molecule has 3 N–H and O–H groups in total. The van der Waals surface area contributed by atoms with Crippen molar-refractivity contribution in [3.05, 3.63) is 52.4 Å². The number of aromatic amines is 1. The number of anilines is 2. The van der Waals surface area contributed by atoms with Crippen molar-refractivity contribution >= 4 is 35.0 Å². The molecule has 0 saturated carbocycles. The second-order valence-corrected chi connectivity index (χ2v) is 6.71. The van der Waals surface area contributed by atoms with Crippen molar-refractivity contribution in [2.45, 2.75) is 22.7 Å². The molecule has 2 amide bonds. The summed E-state index contributed by atoms with van der Waals surface area (Å²) < 4.78 is 38.2. The number of hydrogen-bond acceptors (Lipinski definition) is 4. The molecule has 1 atom stereocenters. The fourth-order valence-electron chi connectivity index (χ4n) is 2.35. The molecule has 0 bridgehead atoms. The summed E-state index contributed by atoms with van der Waals surface area (Å²) >= 11 is 1.00. The highest BCUT2D eigenvalue weighted by Gasteiger charge is 2.34. The molecule has 1 aromatic carbocycles. The van der Waals surface area contributed by atoms with Gasteiger partial charge in [-0.05, 0) is 30.3 Å². The summed E-state index contributed by atoms with van der Waals surface area (Å²) in [6.07, 6.45) is -3.33. The number of carbonyl (C=O) groups excluding carboxylic acids is 2. The van der Waals surface area contributed by atoms with Crippen LogP contribution in [0.1, 0.15) is 12.0 Å². The van der Waals surface area contributed by atoms with Gasteiger partial charge in [0.1, 0.15) is 5.69 Å². The van der Waals surface area contributed by atoms with Crippen molar-refractivity contribution in [3.63, 3.8) is 0 Å². The molecular weight excluding hydrogens is 371 g/mol. The van der Waals surface area contributed by atoms with E-state index in [-0.39, 0.29) is 17.8 Å². The van der Waals surface area contributed by atoms with Gasteiger partial charge in [-0.3, -0.25) is 14.4 Å². The van der Waals surface area contributed by atoms with Crippen LogP contribution in [0.4, 0.5) is 24.5 Å². The van der Waals surface area contributed by atoms with Crippen molar-refractivity contribution in [1.29, 1.82) is 0 Å². The largest absolute Gasteiger partial charge is 0.416 e. The van der Waals surface area contributed by atoms with E-state index in [4.69, 9.17) is 0 Å². The summed E-state index contributed by atoms with van der Waals surface area (Å²) in [5.41, 5.74) is -1.23. The number of fused-ring (bicyclic) bond motifs is 1. The average Bonchev–Trinajstić information content (AvgIpc) is 2.56. The van der Waals surface area contributed by atoms with E-state index in [1.165, 1.54) is 24.4 Å². The zero-order valence-electron chi connectivity index (χ0n) is 13.0. The quantitative estimate of drug-likeness (QED) is 0.760. The van der Waals surface area contributed by atoms with E-state index < -0.39 is 34.4 Å². The number of carbonyl (C=O) groups is 2. The Kier molecular flexibility index (Phi) is 4.77. The molecule has 1 aliphatic heterocycles. The summed E-state index contributed by atoms with van der Waals surface area (Å²) in [7, 11) is 0. The molecular formula is C16H12F3N3O3S. The van der Waals surface area contributed by atoms with Gasteiger partial charge in [-0.1, -0.05) is 0 Å². The molecule has 0 aliphatic carbocycles. The van der Waals surface area contributed by atoms with Crippen LogP contribution in [0.15, 0.2) is 46.2 Å². The van der Waals surface area contributed by atoms with Crippen LogP contribution in [0.2, 0.25) is 0 Å². The number of rotatable bonds is 3. The molecule has 26 heavy (non-hydrogen) atoms. The lowest BCUT2D eigenvalue weighted by Crippen LogP contribution is -2.33. The van der Waals surface area contributed by atoms with Crippen molar-refractivity contribution in [1.82, 2.24) is 4.98 Å². The fourth-order valence-corrected chi connectivity index (χ4v) is 3.44. The predicted octanol–water partition coefficient (Wildman–Crippen LogP) is 2.84. The number of H-pyrrole nitrogens is 1. The van der Waals surface area contributed by atoms with Crippen LogP contribution in [-0.4, -0.2) is 22.0 Å². The molecule has 1 aliphatic rings. The molecule has 0 saturated heterocycles. The van der Waals surface area contributed by atoms with Crippen molar-refractivity contribution in [2.75, 3.05) is 10.6 Å². The van der Waals surface area contributed by atoms with Gasteiger partial charge in [0.25, 0.3) is 5.56 Å². The van der Waals surface area contributed by atoms with E-state index >= 15 is 0 Å². The number of amides is 2. The normalized spacial score (nSPS) is 16.6. The van der Waals surface area contributed by atoms with Gasteiger partial charge in [-0.2, -0.15) is 13.2 Å². The van der Waals surface area contributed by atoms with Crippen LogP contribution in [-0.2, 0) is 15.8 Å². The average molecular weight is 383 g/mol. The predicted molar refractivity (Wildman–Crippen MR) is 90.0 cm³/mol. The Morgan fingerprint density at radius 1 is 1.23 bits per heavy atom. The summed E-state index contributed by atoms with van der Waals surface area (Å²) in [5, 5.41) is 3.98. The molecule has 2 aromatic rings. The van der Waals surface area contributed by atoms with Crippen LogP contribution in [0.25, 0.3) is 0 Å². The van der Waals surface area contributed by atoms with Crippen LogP contribution < -0.4 is 16.2 Å². The zero-order chi connectivity index (χ0) is 18.9. The Balaban J connectivity index is 1.71. The van der Waals surface area contributed by atoms with E-state index in [1.54, 1.807) is 0 Å². The SMILES string of the molecule is O=C(CC1Sc2ccc(C(F)(F)F)cc2NC1=O)Nc1ccc[nH]c1=O. The maximum absolute atomic E-state index is 12.7. The van der Waals surface area contributed by atoms with Gasteiger partial charge < -0.3 is 15.6 Å². The van der Waals surface area contributed by atoms with E-state index in [0.717, 1.165) is 23.9 Å². The monoisotopic (exact) mass is 383 g/mol. The Morgan fingerprint density at radius 3 is 2.69 bits per heavy atom. The second-order valence-electron chi connectivity index (χ2n) is 5.47. The third-order valence-corrected chi connectivity index (χ3v) is 4.86. The summed E-state index contributed by atoms with van der Waals surface area (Å²) in [5.74, 6) is -1.12. The molecule has 2 heterocycles. The van der Waals surface area contributed by atoms with Gasteiger partial charge in [0.2, 0.25) is 11.8 Å². The molecule has 1 aromatic heterocycles. The Morgan fingerprint density at radius 2 is 2.00 bits per heavy atom.